The first-order valence-electron chi connectivity index (χ1n) is 6.44. The second kappa shape index (κ2) is 4.93. The predicted octanol–water partition coefficient (Wildman–Crippen LogP) is 0.777. The zero-order chi connectivity index (χ0) is 15.0. The van der Waals surface area contributed by atoms with Crippen LogP contribution < -0.4 is 0 Å². The molecule has 1 aliphatic rings. The Morgan fingerprint density at radius 2 is 1.71 bits per heavy atom. The van der Waals surface area contributed by atoms with Crippen LogP contribution in [0.4, 0.5) is 0 Å². The van der Waals surface area contributed by atoms with Crippen molar-refractivity contribution >= 4 is 17.6 Å². The lowest BCUT2D eigenvalue weighted by atomic mass is 10.1. The molecule has 7 heteroatoms. The van der Waals surface area contributed by atoms with E-state index in [9.17, 15) is 14.4 Å². The highest BCUT2D eigenvalue weighted by Crippen LogP contribution is 2.22. The minimum absolute atomic E-state index is 0.149. The van der Waals surface area contributed by atoms with Gasteiger partial charge < -0.3 is 0 Å². The summed E-state index contributed by atoms with van der Waals surface area (Å²) in [6.07, 6.45) is 1.37. The van der Waals surface area contributed by atoms with E-state index >= 15 is 0 Å². The van der Waals surface area contributed by atoms with Gasteiger partial charge in [0.1, 0.15) is 5.69 Å². The van der Waals surface area contributed by atoms with Crippen LogP contribution in [-0.4, -0.2) is 44.0 Å². The number of ketones is 1. The molecule has 106 valence electrons. The topological polar surface area (TPSA) is 85.2 Å². The number of Topliss-reactive ketones (excluding diaryl/α,β-unsaturated/α-hetero) is 1. The molecule has 0 saturated carbocycles. The molecule has 1 aromatic heterocycles. The average molecular weight is 284 g/mol. The predicted molar refractivity (Wildman–Crippen MR) is 71.8 cm³/mol. The SMILES string of the molecule is CC(=O)c1cnnn1CCN1C(=O)c2ccccc2C1=O. The summed E-state index contributed by atoms with van der Waals surface area (Å²) in [6.45, 7) is 1.80. The number of amides is 2. The first-order valence-corrected chi connectivity index (χ1v) is 6.44. The van der Waals surface area contributed by atoms with E-state index in [0.717, 1.165) is 4.90 Å². The average Bonchev–Trinajstić information content (AvgIpc) is 3.03. The summed E-state index contributed by atoms with van der Waals surface area (Å²) in [7, 11) is 0. The summed E-state index contributed by atoms with van der Waals surface area (Å²) < 4.78 is 1.39. The Labute approximate surface area is 120 Å². The van der Waals surface area contributed by atoms with E-state index in [1.807, 2.05) is 0 Å². The molecular formula is C14H12N4O3. The monoisotopic (exact) mass is 284 g/mol. The second-order valence-electron chi connectivity index (χ2n) is 4.71. The van der Waals surface area contributed by atoms with Gasteiger partial charge in [0.05, 0.1) is 23.9 Å². The van der Waals surface area contributed by atoms with Crippen LogP contribution in [0.25, 0.3) is 0 Å². The van der Waals surface area contributed by atoms with Crippen molar-refractivity contribution in [1.82, 2.24) is 19.9 Å². The van der Waals surface area contributed by atoms with Crippen LogP contribution >= 0.6 is 0 Å². The van der Waals surface area contributed by atoms with Crippen LogP contribution in [0.1, 0.15) is 38.1 Å². The molecule has 0 spiro atoms. The largest absolute Gasteiger partial charge is 0.293 e. The second-order valence-corrected chi connectivity index (χ2v) is 4.71. The van der Waals surface area contributed by atoms with Crippen molar-refractivity contribution in [3.8, 4) is 0 Å². The lowest BCUT2D eigenvalue weighted by Gasteiger charge is -2.13. The zero-order valence-corrected chi connectivity index (χ0v) is 11.3. The molecule has 0 radical (unpaired) electrons. The Bertz CT molecular complexity index is 715. The molecule has 0 N–H and O–H groups in total. The Kier molecular flexibility index (Phi) is 3.09. The van der Waals surface area contributed by atoms with Crippen molar-refractivity contribution in [2.24, 2.45) is 0 Å². The van der Waals surface area contributed by atoms with Crippen molar-refractivity contribution in [3.05, 3.63) is 47.3 Å². The zero-order valence-electron chi connectivity index (χ0n) is 11.3. The molecule has 0 atom stereocenters. The number of benzene rings is 1. The van der Waals surface area contributed by atoms with Gasteiger partial charge in [-0.15, -0.1) is 5.10 Å². The third-order valence-corrected chi connectivity index (χ3v) is 3.39. The summed E-state index contributed by atoms with van der Waals surface area (Å²) in [5.74, 6) is -0.803. The molecular weight excluding hydrogens is 272 g/mol. The summed E-state index contributed by atoms with van der Waals surface area (Å²) in [5, 5.41) is 7.46. The van der Waals surface area contributed by atoms with Gasteiger partial charge in [-0.1, -0.05) is 17.3 Å². The molecule has 2 heterocycles. The number of carbonyl (C=O) groups is 3. The Hall–Kier alpha value is -2.83. The molecule has 0 fully saturated rings. The fourth-order valence-corrected chi connectivity index (χ4v) is 2.33. The molecule has 2 aromatic rings. The summed E-state index contributed by atoms with van der Waals surface area (Å²) >= 11 is 0. The maximum absolute atomic E-state index is 12.2. The number of hydrogen-bond acceptors (Lipinski definition) is 5. The number of rotatable bonds is 4. The van der Waals surface area contributed by atoms with Gasteiger partial charge in [0.25, 0.3) is 11.8 Å². The van der Waals surface area contributed by atoms with Crippen molar-refractivity contribution in [2.45, 2.75) is 13.5 Å². The van der Waals surface area contributed by atoms with Crippen LogP contribution in [0.3, 0.4) is 0 Å². The number of nitrogens with zero attached hydrogens (tertiary/aromatic N) is 4. The van der Waals surface area contributed by atoms with E-state index in [1.54, 1.807) is 24.3 Å². The van der Waals surface area contributed by atoms with Gasteiger partial charge in [0, 0.05) is 13.5 Å². The molecule has 1 aliphatic heterocycles. The van der Waals surface area contributed by atoms with Crippen molar-refractivity contribution in [2.75, 3.05) is 6.54 Å². The maximum Gasteiger partial charge on any atom is 0.261 e. The van der Waals surface area contributed by atoms with E-state index in [1.165, 1.54) is 17.8 Å². The van der Waals surface area contributed by atoms with Gasteiger partial charge in [-0.25, -0.2) is 4.68 Å². The lowest BCUT2D eigenvalue weighted by Crippen LogP contribution is -2.33. The number of imide groups is 1. The molecule has 2 amide bonds. The first kappa shape index (κ1) is 13.2. The standard InChI is InChI=1S/C14H12N4O3/c1-9(19)12-8-15-16-18(12)7-6-17-13(20)10-4-2-3-5-11(10)14(17)21/h2-5,8H,6-7H2,1H3. The number of aromatic nitrogens is 3. The van der Waals surface area contributed by atoms with Gasteiger partial charge in [0.15, 0.2) is 5.78 Å². The van der Waals surface area contributed by atoms with E-state index in [-0.39, 0.29) is 30.7 Å². The van der Waals surface area contributed by atoms with Gasteiger partial charge in [-0.05, 0) is 12.1 Å². The van der Waals surface area contributed by atoms with Crippen molar-refractivity contribution in [1.29, 1.82) is 0 Å². The molecule has 21 heavy (non-hydrogen) atoms. The highest BCUT2D eigenvalue weighted by atomic mass is 16.2. The van der Waals surface area contributed by atoms with E-state index in [4.69, 9.17) is 0 Å². The van der Waals surface area contributed by atoms with Crippen LogP contribution in [0.15, 0.2) is 30.5 Å². The number of fused-ring (bicyclic) bond motifs is 1. The number of hydrogen-bond donors (Lipinski definition) is 0. The number of carbonyl (C=O) groups excluding carboxylic acids is 3. The molecule has 7 nitrogen and oxygen atoms in total. The van der Waals surface area contributed by atoms with Gasteiger partial charge in [-0.3, -0.25) is 19.3 Å². The minimum Gasteiger partial charge on any atom is -0.293 e. The highest BCUT2D eigenvalue weighted by Gasteiger charge is 2.34. The normalized spacial score (nSPS) is 13.7. The van der Waals surface area contributed by atoms with Gasteiger partial charge in [-0.2, -0.15) is 0 Å². The van der Waals surface area contributed by atoms with Gasteiger partial charge in [0.2, 0.25) is 0 Å². The van der Waals surface area contributed by atoms with E-state index in [2.05, 4.69) is 10.3 Å². The minimum atomic E-state index is -0.319. The molecule has 0 bridgehead atoms. The molecule has 0 saturated heterocycles. The summed E-state index contributed by atoms with van der Waals surface area (Å²) in [6, 6.07) is 6.70. The van der Waals surface area contributed by atoms with Gasteiger partial charge >= 0.3 is 0 Å². The molecule has 1 aromatic carbocycles. The van der Waals surface area contributed by atoms with Crippen molar-refractivity contribution < 1.29 is 14.4 Å². The summed E-state index contributed by atoms with van der Waals surface area (Å²) in [5.41, 5.74) is 1.17. The summed E-state index contributed by atoms with van der Waals surface area (Å²) in [4.78, 5) is 36.9. The lowest BCUT2D eigenvalue weighted by molar-refractivity contribution is 0.0647. The fraction of sp³-hybridized carbons (Fsp3) is 0.214. The Morgan fingerprint density at radius 3 is 2.29 bits per heavy atom. The Morgan fingerprint density at radius 1 is 1.10 bits per heavy atom. The van der Waals surface area contributed by atoms with Crippen LogP contribution in [0, 0.1) is 0 Å². The fourth-order valence-electron chi connectivity index (χ4n) is 2.33. The van der Waals surface area contributed by atoms with Crippen LogP contribution in [-0.2, 0) is 6.54 Å². The first-order chi connectivity index (χ1) is 10.1. The van der Waals surface area contributed by atoms with Crippen LogP contribution in [0.5, 0.6) is 0 Å². The van der Waals surface area contributed by atoms with E-state index in [0.29, 0.717) is 16.8 Å². The third-order valence-electron chi connectivity index (χ3n) is 3.39. The Balaban J connectivity index is 1.78. The highest BCUT2D eigenvalue weighted by molar-refractivity contribution is 6.21. The molecule has 3 rings (SSSR count). The smallest absolute Gasteiger partial charge is 0.261 e. The molecule has 0 unspecified atom stereocenters. The maximum atomic E-state index is 12.2. The third kappa shape index (κ3) is 2.12. The van der Waals surface area contributed by atoms with Crippen LogP contribution in [0.2, 0.25) is 0 Å². The quantitative estimate of drug-likeness (QED) is 0.611. The molecule has 0 aliphatic carbocycles. The van der Waals surface area contributed by atoms with Crippen molar-refractivity contribution in [3.63, 3.8) is 0 Å². The van der Waals surface area contributed by atoms with E-state index < -0.39 is 0 Å².